The molecule has 2 aliphatic heterocycles. The maximum atomic E-state index is 11.7. The molecule has 2 fully saturated rings. The number of piperidine rings is 1. The molecule has 2 saturated heterocycles. The topological polar surface area (TPSA) is 104 Å². The van der Waals surface area contributed by atoms with Gasteiger partial charge in [0, 0.05) is 37.1 Å². The lowest BCUT2D eigenvalue weighted by molar-refractivity contribution is -0.118. The standard InChI is InChI=1S/C24H30N4O4S/c1-16-2-7-21(14-25-16)32-15-20(29)13-26-18-8-10-28(11-9-18)19-5-3-17(4-6-19)12-22-23(30)27-24(31)33-22/h2-7,14,18,20,22,26,29H,8-13,15H2,1H3,(H,27,30,31). The van der Waals surface area contributed by atoms with Crippen molar-refractivity contribution < 1.29 is 19.4 Å². The van der Waals surface area contributed by atoms with Crippen LogP contribution in [0.25, 0.3) is 0 Å². The van der Waals surface area contributed by atoms with Gasteiger partial charge in [0.05, 0.1) is 11.4 Å². The zero-order valence-electron chi connectivity index (χ0n) is 18.7. The van der Waals surface area contributed by atoms with Crippen molar-refractivity contribution in [3.05, 3.63) is 53.9 Å². The Hall–Kier alpha value is -2.62. The molecule has 9 heteroatoms. The number of hydrogen-bond donors (Lipinski definition) is 3. The summed E-state index contributed by atoms with van der Waals surface area (Å²) in [5, 5.41) is 15.4. The van der Waals surface area contributed by atoms with Gasteiger partial charge in [-0.1, -0.05) is 23.9 Å². The third kappa shape index (κ3) is 6.69. The van der Waals surface area contributed by atoms with Gasteiger partial charge >= 0.3 is 0 Å². The van der Waals surface area contributed by atoms with Crippen molar-refractivity contribution in [1.82, 2.24) is 15.6 Å². The van der Waals surface area contributed by atoms with Crippen molar-refractivity contribution in [3.8, 4) is 5.75 Å². The molecule has 0 spiro atoms. The van der Waals surface area contributed by atoms with E-state index in [4.69, 9.17) is 4.74 Å². The van der Waals surface area contributed by atoms with E-state index in [-0.39, 0.29) is 23.0 Å². The summed E-state index contributed by atoms with van der Waals surface area (Å²) in [6, 6.07) is 12.4. The van der Waals surface area contributed by atoms with E-state index < -0.39 is 6.10 Å². The quantitative estimate of drug-likeness (QED) is 0.513. The van der Waals surface area contributed by atoms with Crippen LogP contribution >= 0.6 is 11.8 Å². The number of aliphatic hydroxyl groups is 1. The second kappa shape index (κ2) is 11.0. The van der Waals surface area contributed by atoms with Gasteiger partial charge in [0.2, 0.25) is 5.91 Å². The maximum Gasteiger partial charge on any atom is 0.286 e. The number of pyridine rings is 1. The van der Waals surface area contributed by atoms with Gasteiger partial charge in [-0.25, -0.2) is 0 Å². The molecule has 2 aliphatic rings. The average molecular weight is 471 g/mol. The molecule has 0 saturated carbocycles. The number of ether oxygens (including phenoxy) is 1. The van der Waals surface area contributed by atoms with E-state index in [1.165, 1.54) is 0 Å². The van der Waals surface area contributed by atoms with Gasteiger partial charge < -0.3 is 20.1 Å². The highest BCUT2D eigenvalue weighted by molar-refractivity contribution is 8.15. The lowest BCUT2D eigenvalue weighted by atomic mass is 10.0. The molecule has 33 heavy (non-hydrogen) atoms. The highest BCUT2D eigenvalue weighted by Crippen LogP contribution is 2.25. The first-order valence-electron chi connectivity index (χ1n) is 11.3. The fourth-order valence-corrected chi connectivity index (χ4v) is 4.88. The molecule has 3 N–H and O–H groups in total. The zero-order valence-corrected chi connectivity index (χ0v) is 19.5. The molecule has 2 unspecified atom stereocenters. The monoisotopic (exact) mass is 470 g/mol. The minimum atomic E-state index is -0.577. The third-order valence-corrected chi connectivity index (χ3v) is 6.93. The fraction of sp³-hybridized carbons (Fsp3) is 0.458. The van der Waals surface area contributed by atoms with Crippen molar-refractivity contribution in [2.75, 3.05) is 31.1 Å². The van der Waals surface area contributed by atoms with Crippen LogP contribution in [0.2, 0.25) is 0 Å². The molecule has 176 valence electrons. The van der Waals surface area contributed by atoms with E-state index >= 15 is 0 Å². The smallest absolute Gasteiger partial charge is 0.286 e. The summed E-state index contributed by atoms with van der Waals surface area (Å²) in [6.45, 7) is 4.53. The fourth-order valence-electron chi connectivity index (χ4n) is 4.02. The third-order valence-electron chi connectivity index (χ3n) is 5.95. The molecule has 8 nitrogen and oxygen atoms in total. The number of carbonyl (C=O) groups is 2. The molecule has 1 aromatic carbocycles. The van der Waals surface area contributed by atoms with Crippen molar-refractivity contribution in [3.63, 3.8) is 0 Å². The van der Waals surface area contributed by atoms with Crippen LogP contribution in [0.3, 0.4) is 0 Å². The van der Waals surface area contributed by atoms with Gasteiger partial charge in [-0.2, -0.15) is 0 Å². The maximum absolute atomic E-state index is 11.7. The average Bonchev–Trinajstić information content (AvgIpc) is 3.14. The van der Waals surface area contributed by atoms with Crippen molar-refractivity contribution in [1.29, 1.82) is 0 Å². The normalized spacial score (nSPS) is 20.1. The van der Waals surface area contributed by atoms with Gasteiger partial charge in [0.1, 0.15) is 18.5 Å². The van der Waals surface area contributed by atoms with Crippen LogP contribution in [-0.4, -0.2) is 64.9 Å². The van der Waals surface area contributed by atoms with E-state index in [0.717, 1.165) is 54.6 Å². The second-order valence-electron chi connectivity index (χ2n) is 8.52. The predicted molar refractivity (Wildman–Crippen MR) is 129 cm³/mol. The van der Waals surface area contributed by atoms with E-state index in [9.17, 15) is 14.7 Å². The number of carbonyl (C=O) groups excluding carboxylic acids is 2. The Labute approximate surface area is 198 Å². The Balaban J connectivity index is 1.16. The SMILES string of the molecule is Cc1ccc(OCC(O)CNC2CCN(c3ccc(CC4SC(=O)NC4=O)cc3)CC2)cn1. The van der Waals surface area contributed by atoms with Crippen LogP contribution in [0.5, 0.6) is 5.75 Å². The molecule has 0 bridgehead atoms. The summed E-state index contributed by atoms with van der Waals surface area (Å²) >= 11 is 1.06. The zero-order chi connectivity index (χ0) is 23.2. The van der Waals surface area contributed by atoms with Gasteiger partial charge in [-0.3, -0.25) is 19.9 Å². The van der Waals surface area contributed by atoms with Crippen LogP contribution in [0.15, 0.2) is 42.6 Å². The number of aromatic nitrogens is 1. The van der Waals surface area contributed by atoms with Crippen molar-refractivity contribution in [2.24, 2.45) is 0 Å². The van der Waals surface area contributed by atoms with E-state index in [1.807, 2.05) is 31.2 Å². The highest BCUT2D eigenvalue weighted by atomic mass is 32.2. The largest absolute Gasteiger partial charge is 0.489 e. The number of imide groups is 1. The molecular weight excluding hydrogens is 440 g/mol. The second-order valence-corrected chi connectivity index (χ2v) is 9.70. The minimum Gasteiger partial charge on any atom is -0.489 e. The number of aliphatic hydroxyl groups excluding tert-OH is 1. The number of amides is 2. The number of thioether (sulfide) groups is 1. The predicted octanol–water partition coefficient (Wildman–Crippen LogP) is 2.28. The summed E-state index contributed by atoms with van der Waals surface area (Å²) < 4.78 is 5.60. The number of nitrogens with one attached hydrogen (secondary N) is 2. The van der Waals surface area contributed by atoms with E-state index in [1.54, 1.807) is 6.20 Å². The summed E-state index contributed by atoms with van der Waals surface area (Å²) in [7, 11) is 0. The number of hydrogen-bond acceptors (Lipinski definition) is 8. The molecule has 0 aliphatic carbocycles. The van der Waals surface area contributed by atoms with Gasteiger partial charge in [0.15, 0.2) is 0 Å². The first-order chi connectivity index (χ1) is 16.0. The Morgan fingerprint density at radius 3 is 2.61 bits per heavy atom. The molecule has 3 heterocycles. The Kier molecular flexibility index (Phi) is 7.85. The first-order valence-corrected chi connectivity index (χ1v) is 12.2. The molecule has 2 amide bonds. The number of aryl methyl sites for hydroxylation is 1. The highest BCUT2D eigenvalue weighted by Gasteiger charge is 2.31. The van der Waals surface area contributed by atoms with Gasteiger partial charge in [-0.05, 0) is 56.0 Å². The molecular formula is C24H30N4O4S. The lowest BCUT2D eigenvalue weighted by Gasteiger charge is -2.34. The number of anilines is 1. The summed E-state index contributed by atoms with van der Waals surface area (Å²) in [5.74, 6) is 0.463. The van der Waals surface area contributed by atoms with Crippen LogP contribution in [-0.2, 0) is 11.2 Å². The minimum absolute atomic E-state index is 0.201. The van der Waals surface area contributed by atoms with Crippen molar-refractivity contribution in [2.45, 2.75) is 43.6 Å². The first kappa shape index (κ1) is 23.5. The van der Waals surface area contributed by atoms with Gasteiger partial charge in [-0.15, -0.1) is 0 Å². The number of benzene rings is 1. The molecule has 2 atom stereocenters. The molecule has 2 aromatic rings. The Morgan fingerprint density at radius 1 is 1.21 bits per heavy atom. The Bertz CT molecular complexity index is 946. The van der Waals surface area contributed by atoms with E-state index in [0.29, 0.717) is 24.8 Å². The van der Waals surface area contributed by atoms with E-state index in [2.05, 4.69) is 32.7 Å². The van der Waals surface area contributed by atoms with Crippen LogP contribution in [0.4, 0.5) is 10.5 Å². The molecule has 1 aromatic heterocycles. The number of rotatable bonds is 9. The summed E-state index contributed by atoms with van der Waals surface area (Å²) in [6.07, 6.45) is 3.65. The molecule has 4 rings (SSSR count). The van der Waals surface area contributed by atoms with Crippen LogP contribution in [0.1, 0.15) is 24.1 Å². The van der Waals surface area contributed by atoms with Crippen molar-refractivity contribution >= 4 is 28.6 Å². The molecule has 0 radical (unpaired) electrons. The van der Waals surface area contributed by atoms with Crippen LogP contribution < -0.4 is 20.3 Å². The summed E-state index contributed by atoms with van der Waals surface area (Å²) in [5.41, 5.74) is 3.15. The van der Waals surface area contributed by atoms with Gasteiger partial charge in [0.25, 0.3) is 5.24 Å². The van der Waals surface area contributed by atoms with Crippen LogP contribution in [0, 0.1) is 6.92 Å². The number of nitrogens with zero attached hydrogens (tertiary/aromatic N) is 2. The lowest BCUT2D eigenvalue weighted by Crippen LogP contribution is -2.45. The Morgan fingerprint density at radius 2 is 1.97 bits per heavy atom. The summed E-state index contributed by atoms with van der Waals surface area (Å²) in [4.78, 5) is 29.6.